The number of aliphatic hydroxyl groups is 1. The monoisotopic (exact) mass is 676 g/mol. The van der Waals surface area contributed by atoms with Crippen LogP contribution in [0.1, 0.15) is 47.4 Å². The van der Waals surface area contributed by atoms with E-state index in [1.807, 2.05) is 0 Å². The van der Waals surface area contributed by atoms with Crippen LogP contribution in [0.15, 0.2) is 48.9 Å². The highest BCUT2D eigenvalue weighted by Gasteiger charge is 2.36. The zero-order chi connectivity index (χ0) is 34.2. The van der Waals surface area contributed by atoms with Gasteiger partial charge in [-0.2, -0.15) is 23.3 Å². The molecule has 4 N–H and O–H groups in total. The fraction of sp³-hybridized carbons (Fsp3) is 0.367. The van der Waals surface area contributed by atoms with E-state index in [9.17, 15) is 22.5 Å². The van der Waals surface area contributed by atoms with Gasteiger partial charge < -0.3 is 30.1 Å². The van der Waals surface area contributed by atoms with Gasteiger partial charge >= 0.3 is 13.8 Å². The maximum absolute atomic E-state index is 14.1. The van der Waals surface area contributed by atoms with Crippen LogP contribution >= 0.6 is 7.60 Å². The first-order chi connectivity index (χ1) is 22.4. The normalized spacial score (nSPS) is 11.8. The van der Waals surface area contributed by atoms with Crippen molar-refractivity contribution in [2.45, 2.75) is 46.1 Å². The van der Waals surface area contributed by atoms with Gasteiger partial charge in [0.05, 0.1) is 37.0 Å². The van der Waals surface area contributed by atoms with Crippen LogP contribution in [0.2, 0.25) is 0 Å². The van der Waals surface area contributed by atoms with E-state index in [2.05, 4.69) is 36.0 Å². The van der Waals surface area contributed by atoms with Crippen LogP contribution in [0.3, 0.4) is 0 Å². The standard InChI is InChI=1S/C30H36F3N8O5P/c1-5-45-47(44,46-6-2)18-20-8-9-23(19(3)14-20)39-29-35-16-22(30(31,32)33)27(40-29)38-25-11-10-24(37-26(25)28(43)34-4)21-15-36-41(17-21)12-7-13-42/h8-11,14-17,42H,5-7,12-13,18H2,1-4H3,(H,34,43)(H2,35,38,39,40). The van der Waals surface area contributed by atoms with Gasteiger partial charge in [-0.15, -0.1) is 0 Å². The largest absolute Gasteiger partial charge is 0.421 e. The molecule has 0 saturated carbocycles. The topological polar surface area (TPSA) is 165 Å². The molecule has 1 aromatic carbocycles. The summed E-state index contributed by atoms with van der Waals surface area (Å²) in [6.45, 7) is 6.12. The summed E-state index contributed by atoms with van der Waals surface area (Å²) < 4.78 is 67.5. The molecule has 4 rings (SSSR count). The number of hydrogen-bond donors (Lipinski definition) is 4. The zero-order valence-corrected chi connectivity index (χ0v) is 27.2. The average molecular weight is 677 g/mol. The van der Waals surface area contributed by atoms with Crippen molar-refractivity contribution < 1.29 is 36.7 Å². The lowest BCUT2D eigenvalue weighted by Crippen LogP contribution is -2.21. The van der Waals surface area contributed by atoms with E-state index >= 15 is 0 Å². The highest BCUT2D eigenvalue weighted by atomic mass is 31.2. The Morgan fingerprint density at radius 1 is 1.04 bits per heavy atom. The van der Waals surface area contributed by atoms with Crippen molar-refractivity contribution in [3.05, 3.63) is 71.3 Å². The quantitative estimate of drug-likeness (QED) is 0.108. The zero-order valence-electron chi connectivity index (χ0n) is 26.3. The van der Waals surface area contributed by atoms with Crippen LogP contribution in [0.25, 0.3) is 11.3 Å². The molecule has 13 nitrogen and oxygen atoms in total. The Kier molecular flexibility index (Phi) is 11.7. The molecule has 0 radical (unpaired) electrons. The summed E-state index contributed by atoms with van der Waals surface area (Å²) >= 11 is 0. The number of carbonyl (C=O) groups excluding carboxylic acids is 1. The molecule has 0 fully saturated rings. The van der Waals surface area contributed by atoms with Crippen LogP contribution in [-0.4, -0.2) is 62.6 Å². The third kappa shape index (κ3) is 9.13. The lowest BCUT2D eigenvalue weighted by molar-refractivity contribution is -0.137. The molecule has 252 valence electrons. The third-order valence-corrected chi connectivity index (χ3v) is 8.78. The second kappa shape index (κ2) is 15.5. The minimum atomic E-state index is -4.82. The molecule has 1 amide bonds. The Morgan fingerprint density at radius 2 is 1.77 bits per heavy atom. The number of carbonyl (C=O) groups is 1. The van der Waals surface area contributed by atoms with Gasteiger partial charge in [0, 0.05) is 43.8 Å². The van der Waals surface area contributed by atoms with Crippen LogP contribution in [0, 0.1) is 6.92 Å². The fourth-order valence-corrected chi connectivity index (χ4v) is 6.25. The lowest BCUT2D eigenvalue weighted by atomic mass is 10.1. The minimum absolute atomic E-state index is 0.00520. The highest BCUT2D eigenvalue weighted by Crippen LogP contribution is 2.51. The Bertz CT molecular complexity index is 1740. The summed E-state index contributed by atoms with van der Waals surface area (Å²) in [4.78, 5) is 25.2. The van der Waals surface area contributed by atoms with Crippen LogP contribution < -0.4 is 16.0 Å². The number of alkyl halides is 3. The Labute approximate surface area is 269 Å². The molecule has 0 aliphatic heterocycles. The van der Waals surface area contributed by atoms with E-state index in [-0.39, 0.29) is 43.3 Å². The number of rotatable bonds is 15. The molecular weight excluding hydrogens is 640 g/mol. The molecule has 0 unspecified atom stereocenters. The maximum atomic E-state index is 14.1. The number of aromatic nitrogens is 5. The van der Waals surface area contributed by atoms with E-state index in [1.54, 1.807) is 49.8 Å². The smallest absolute Gasteiger partial charge is 0.396 e. The second-order valence-corrected chi connectivity index (χ2v) is 12.3. The number of nitrogens with one attached hydrogen (secondary N) is 3. The van der Waals surface area contributed by atoms with Crippen LogP contribution in [-0.2, 0) is 32.5 Å². The van der Waals surface area contributed by atoms with Gasteiger partial charge in [-0.25, -0.2) is 9.97 Å². The van der Waals surface area contributed by atoms with Gasteiger partial charge in [0.1, 0.15) is 11.4 Å². The number of benzene rings is 1. The van der Waals surface area contributed by atoms with Gasteiger partial charge in [-0.1, -0.05) is 12.1 Å². The van der Waals surface area contributed by atoms with E-state index < -0.39 is 31.1 Å². The molecule has 3 aromatic heterocycles. The maximum Gasteiger partial charge on any atom is 0.421 e. The first-order valence-corrected chi connectivity index (χ1v) is 16.4. The van der Waals surface area contributed by atoms with E-state index in [4.69, 9.17) is 14.2 Å². The summed E-state index contributed by atoms with van der Waals surface area (Å²) in [6.07, 6.45) is -0.410. The molecule has 3 heterocycles. The van der Waals surface area contributed by atoms with Gasteiger partial charge in [-0.3, -0.25) is 14.0 Å². The molecule has 17 heteroatoms. The van der Waals surface area contributed by atoms with Crippen molar-refractivity contribution >= 4 is 36.6 Å². The van der Waals surface area contributed by atoms with Gasteiger partial charge in [-0.05, 0) is 56.5 Å². The summed E-state index contributed by atoms with van der Waals surface area (Å²) in [7, 11) is -1.97. The van der Waals surface area contributed by atoms with Crippen molar-refractivity contribution in [2.24, 2.45) is 0 Å². The van der Waals surface area contributed by atoms with Crippen LogP contribution in [0.4, 0.5) is 36.3 Å². The predicted octanol–water partition coefficient (Wildman–Crippen LogP) is 6.06. The summed E-state index contributed by atoms with van der Waals surface area (Å²) in [5, 5.41) is 21.3. The molecule has 0 saturated heterocycles. The number of hydrogen-bond acceptors (Lipinski definition) is 11. The molecule has 0 atom stereocenters. The molecule has 47 heavy (non-hydrogen) atoms. The SMILES string of the molecule is CCOP(=O)(Cc1ccc(Nc2ncc(C(F)(F)F)c(Nc3ccc(-c4cnn(CCCO)c4)nc3C(=O)NC)n2)c(C)c1)OCC. The fourth-order valence-electron chi connectivity index (χ4n) is 4.57. The molecule has 0 aliphatic carbocycles. The summed E-state index contributed by atoms with van der Waals surface area (Å²) in [6, 6.07) is 8.09. The van der Waals surface area contributed by atoms with Gasteiger partial charge in [0.2, 0.25) is 5.95 Å². The number of aliphatic hydroxyl groups excluding tert-OH is 1. The molecule has 0 spiro atoms. The van der Waals surface area contributed by atoms with E-state index in [0.717, 1.165) is 0 Å². The minimum Gasteiger partial charge on any atom is -0.396 e. The van der Waals surface area contributed by atoms with Crippen molar-refractivity contribution in [1.29, 1.82) is 0 Å². The van der Waals surface area contributed by atoms with Crippen molar-refractivity contribution in [3.63, 3.8) is 0 Å². The third-order valence-electron chi connectivity index (χ3n) is 6.72. The van der Waals surface area contributed by atoms with Gasteiger partial charge in [0.25, 0.3) is 5.91 Å². The highest BCUT2D eigenvalue weighted by molar-refractivity contribution is 7.53. The predicted molar refractivity (Wildman–Crippen MR) is 170 cm³/mol. The first-order valence-electron chi connectivity index (χ1n) is 14.7. The van der Waals surface area contributed by atoms with E-state index in [0.29, 0.717) is 47.2 Å². The van der Waals surface area contributed by atoms with Crippen molar-refractivity contribution in [3.8, 4) is 11.3 Å². The van der Waals surface area contributed by atoms with Crippen molar-refractivity contribution in [1.82, 2.24) is 30.0 Å². The number of amides is 1. The Hall–Kier alpha value is -4.37. The summed E-state index contributed by atoms with van der Waals surface area (Å²) in [5.74, 6) is -1.39. The molecule has 0 aliphatic rings. The average Bonchev–Trinajstić information content (AvgIpc) is 3.50. The summed E-state index contributed by atoms with van der Waals surface area (Å²) in [5.41, 5.74) is 1.45. The number of nitrogens with zero attached hydrogens (tertiary/aromatic N) is 5. The second-order valence-electron chi connectivity index (χ2n) is 10.2. The van der Waals surface area contributed by atoms with E-state index in [1.165, 1.54) is 25.4 Å². The van der Waals surface area contributed by atoms with Crippen LogP contribution in [0.5, 0.6) is 0 Å². The van der Waals surface area contributed by atoms with Crippen molar-refractivity contribution in [2.75, 3.05) is 37.5 Å². The Balaban J connectivity index is 1.64. The van der Waals surface area contributed by atoms with Gasteiger partial charge in [0.15, 0.2) is 5.69 Å². The number of aryl methyl sites for hydroxylation is 2. The number of anilines is 4. The molecule has 4 aromatic rings. The first kappa shape index (κ1) is 35.5. The molecule has 0 bridgehead atoms. The number of halogens is 3. The molecular formula is C30H36F3N8O5P. The lowest BCUT2D eigenvalue weighted by Gasteiger charge is -2.18. The Morgan fingerprint density at radius 3 is 2.40 bits per heavy atom. The number of pyridine rings is 1.